The van der Waals surface area contributed by atoms with E-state index in [1.807, 2.05) is 13.0 Å². The Hall–Kier alpha value is -3.57. The Morgan fingerprint density at radius 1 is 1.21 bits per heavy atom. The summed E-state index contributed by atoms with van der Waals surface area (Å²) in [6.07, 6.45) is -0.796. The number of guanidine groups is 1. The second kappa shape index (κ2) is 11.0. The van der Waals surface area contributed by atoms with Crippen LogP contribution in [0.1, 0.15) is 22.8 Å². The Bertz CT molecular complexity index is 1250. The van der Waals surface area contributed by atoms with Gasteiger partial charge >= 0.3 is 6.09 Å². The second-order valence-corrected chi connectivity index (χ2v) is 7.54. The molecule has 0 aliphatic heterocycles. The van der Waals surface area contributed by atoms with E-state index in [0.717, 1.165) is 28.4 Å². The number of aromatic nitrogens is 2. The average Bonchev–Trinajstić information content (AvgIpc) is 3.13. The van der Waals surface area contributed by atoms with Crippen LogP contribution in [0.15, 0.2) is 41.4 Å². The fourth-order valence-corrected chi connectivity index (χ4v) is 3.19. The molecule has 0 saturated carbocycles. The molecule has 9 nitrogen and oxygen atoms in total. The molecule has 0 unspecified atom stereocenters. The van der Waals surface area contributed by atoms with Gasteiger partial charge in [-0.05, 0) is 49.7 Å². The fourth-order valence-electron chi connectivity index (χ4n) is 3.09. The Kier molecular flexibility index (Phi) is 8.13. The lowest BCUT2D eigenvalue weighted by Crippen LogP contribution is -2.40. The van der Waals surface area contributed by atoms with E-state index in [4.69, 9.17) is 21.1 Å². The number of halogens is 3. The van der Waals surface area contributed by atoms with Crippen molar-refractivity contribution >= 4 is 46.3 Å². The highest BCUT2D eigenvalue weighted by Crippen LogP contribution is 2.24. The number of hydrogen-bond acceptors (Lipinski definition) is 5. The number of fused-ring (bicyclic) bond motifs is 1. The number of hydrogen-bond donors (Lipinski definition) is 2. The number of ether oxygens (including phenoxy) is 2. The molecule has 3 aromatic rings. The first kappa shape index (κ1) is 25.1. The molecule has 2 N–H and O–H groups in total. The molecule has 12 heteroatoms. The highest BCUT2D eigenvalue weighted by molar-refractivity contribution is 6.17. The number of methoxy groups -OCH3 is 1. The number of nitrogens with one attached hydrogen (secondary N) is 2. The number of amides is 1. The van der Waals surface area contributed by atoms with Gasteiger partial charge in [-0.3, -0.25) is 4.79 Å². The first-order valence-corrected chi connectivity index (χ1v) is 10.6. The number of rotatable bonds is 6. The topological polar surface area (TPSA) is 107 Å². The van der Waals surface area contributed by atoms with Gasteiger partial charge < -0.3 is 20.1 Å². The Morgan fingerprint density at radius 2 is 1.97 bits per heavy atom. The van der Waals surface area contributed by atoms with Crippen LogP contribution in [0.5, 0.6) is 0 Å². The Labute approximate surface area is 198 Å². The smallest absolute Gasteiger partial charge is 0.432 e. The minimum Gasteiger partial charge on any atom is -0.432 e. The van der Waals surface area contributed by atoms with Gasteiger partial charge in [-0.25, -0.2) is 13.6 Å². The summed E-state index contributed by atoms with van der Waals surface area (Å²) in [6, 6.07) is 7.33. The number of alkyl halides is 1. The second-order valence-electron chi connectivity index (χ2n) is 7.32. The molecule has 0 aliphatic rings. The number of anilines is 1. The van der Waals surface area contributed by atoms with Crippen LogP contribution in [0.3, 0.4) is 0 Å². The monoisotopic (exact) mass is 493 g/mol. The van der Waals surface area contributed by atoms with Gasteiger partial charge in [-0.2, -0.15) is 9.67 Å². The van der Waals surface area contributed by atoms with E-state index in [1.165, 1.54) is 7.11 Å². The van der Waals surface area contributed by atoms with Crippen LogP contribution < -0.4 is 10.6 Å². The first-order chi connectivity index (χ1) is 16.2. The molecule has 34 heavy (non-hydrogen) atoms. The summed E-state index contributed by atoms with van der Waals surface area (Å²) in [5.41, 5.74) is 1.15. The van der Waals surface area contributed by atoms with Crippen LogP contribution in [0.25, 0.3) is 10.9 Å². The lowest BCUT2D eigenvalue weighted by molar-refractivity contribution is 0.100. The molecule has 3 rings (SSSR count). The highest BCUT2D eigenvalue weighted by Gasteiger charge is 2.19. The molecule has 1 amide bonds. The predicted molar refractivity (Wildman–Crippen MR) is 123 cm³/mol. The quantitative estimate of drug-likeness (QED) is 0.303. The minimum atomic E-state index is -1.17. The molecule has 2 aromatic carbocycles. The molecule has 0 aliphatic carbocycles. The van der Waals surface area contributed by atoms with Crippen LogP contribution in [-0.4, -0.2) is 53.6 Å². The molecule has 180 valence electrons. The molecular formula is C22H22ClF2N5O4. The third kappa shape index (κ3) is 5.86. The average molecular weight is 494 g/mol. The SMILES string of the molecule is COC[C@H](C)N/C(=N/C(=O)c1ccc(F)c(F)c1)Nc1nn(C(=O)OCCl)c2cc(C)ccc12. The van der Waals surface area contributed by atoms with Gasteiger partial charge in [-0.15, -0.1) is 5.10 Å². The van der Waals surface area contributed by atoms with Crippen molar-refractivity contribution in [2.45, 2.75) is 19.9 Å². The summed E-state index contributed by atoms with van der Waals surface area (Å²) in [5, 5.41) is 10.6. The third-order valence-corrected chi connectivity index (χ3v) is 4.71. The number of aryl methyl sites for hydroxylation is 1. The number of benzene rings is 2. The van der Waals surface area contributed by atoms with Gasteiger partial charge in [-0.1, -0.05) is 17.7 Å². The molecule has 0 bridgehead atoms. The van der Waals surface area contributed by atoms with Crippen molar-refractivity contribution in [3.63, 3.8) is 0 Å². The molecule has 0 fully saturated rings. The van der Waals surface area contributed by atoms with E-state index in [1.54, 1.807) is 19.1 Å². The van der Waals surface area contributed by atoms with Crippen LogP contribution in [0.4, 0.5) is 19.4 Å². The maximum absolute atomic E-state index is 13.6. The van der Waals surface area contributed by atoms with E-state index in [0.29, 0.717) is 10.9 Å². The number of carbonyl (C=O) groups is 2. The maximum Gasteiger partial charge on any atom is 0.436 e. The Balaban J connectivity index is 2.02. The van der Waals surface area contributed by atoms with Crippen molar-refractivity contribution in [1.29, 1.82) is 0 Å². The number of nitrogens with zero attached hydrogens (tertiary/aromatic N) is 3. The largest absolute Gasteiger partial charge is 0.436 e. The van der Waals surface area contributed by atoms with Gasteiger partial charge in [0.15, 0.2) is 23.5 Å². The molecule has 0 radical (unpaired) electrons. The number of aliphatic imine (C=N–C) groups is 1. The summed E-state index contributed by atoms with van der Waals surface area (Å²) in [4.78, 5) is 29.0. The summed E-state index contributed by atoms with van der Waals surface area (Å²) >= 11 is 5.51. The predicted octanol–water partition coefficient (Wildman–Crippen LogP) is 4.04. The van der Waals surface area contributed by atoms with Crippen LogP contribution in [0, 0.1) is 18.6 Å². The molecular weight excluding hydrogens is 472 g/mol. The summed E-state index contributed by atoms with van der Waals surface area (Å²) < 4.78 is 37.8. The summed E-state index contributed by atoms with van der Waals surface area (Å²) in [5.74, 6) is -2.94. The standard InChI is InChI=1S/C22H22ClF2N5O4/c1-12-4-6-15-18(8-12)30(22(32)34-11-23)29-19(15)27-21(26-13(2)10-33-3)28-20(31)14-5-7-16(24)17(25)9-14/h4-9,13H,10-11H2,1-3H3,(H2,26,27,28,29,31)/t13-/m0/s1. The Morgan fingerprint density at radius 3 is 2.65 bits per heavy atom. The first-order valence-electron chi connectivity index (χ1n) is 10.1. The maximum atomic E-state index is 13.6. The zero-order chi connectivity index (χ0) is 24.8. The van der Waals surface area contributed by atoms with Gasteiger partial charge in [0.05, 0.1) is 12.1 Å². The molecule has 1 heterocycles. The van der Waals surface area contributed by atoms with Gasteiger partial charge in [0.25, 0.3) is 5.91 Å². The lowest BCUT2D eigenvalue weighted by atomic mass is 10.2. The van der Waals surface area contributed by atoms with E-state index in [-0.39, 0.29) is 36.1 Å². The van der Waals surface area contributed by atoms with E-state index in [2.05, 4.69) is 20.7 Å². The van der Waals surface area contributed by atoms with Crippen molar-refractivity contribution in [3.05, 3.63) is 59.2 Å². The summed E-state index contributed by atoms with van der Waals surface area (Å²) in [7, 11) is 1.51. The fraction of sp³-hybridized carbons (Fsp3) is 0.273. The molecule has 0 saturated heterocycles. The number of carbonyl (C=O) groups excluding carboxylic acids is 2. The van der Waals surface area contributed by atoms with Crippen molar-refractivity contribution < 1.29 is 27.8 Å². The van der Waals surface area contributed by atoms with Crippen LogP contribution in [-0.2, 0) is 9.47 Å². The zero-order valence-electron chi connectivity index (χ0n) is 18.6. The molecule has 1 aromatic heterocycles. The third-order valence-electron chi connectivity index (χ3n) is 4.60. The van der Waals surface area contributed by atoms with Crippen molar-refractivity contribution in [3.8, 4) is 0 Å². The van der Waals surface area contributed by atoms with Crippen LogP contribution >= 0.6 is 11.6 Å². The van der Waals surface area contributed by atoms with Gasteiger partial charge in [0.2, 0.25) is 5.96 Å². The van der Waals surface area contributed by atoms with Gasteiger partial charge in [0.1, 0.15) is 0 Å². The van der Waals surface area contributed by atoms with E-state index >= 15 is 0 Å². The van der Waals surface area contributed by atoms with Crippen molar-refractivity contribution in [1.82, 2.24) is 15.1 Å². The van der Waals surface area contributed by atoms with Gasteiger partial charge in [0, 0.05) is 24.1 Å². The highest BCUT2D eigenvalue weighted by atomic mass is 35.5. The summed E-state index contributed by atoms with van der Waals surface area (Å²) in [6.45, 7) is 3.90. The zero-order valence-corrected chi connectivity index (χ0v) is 19.3. The molecule has 0 spiro atoms. The van der Waals surface area contributed by atoms with E-state index < -0.39 is 23.6 Å². The minimum absolute atomic E-state index is 0.0443. The van der Waals surface area contributed by atoms with Crippen molar-refractivity contribution in [2.24, 2.45) is 4.99 Å². The lowest BCUT2D eigenvalue weighted by Gasteiger charge is -2.16. The van der Waals surface area contributed by atoms with Crippen LogP contribution in [0.2, 0.25) is 0 Å². The molecule has 1 atom stereocenters. The van der Waals surface area contributed by atoms with E-state index in [9.17, 15) is 18.4 Å². The van der Waals surface area contributed by atoms with Crippen molar-refractivity contribution in [2.75, 3.05) is 25.1 Å². The normalized spacial score (nSPS) is 12.5.